The lowest BCUT2D eigenvalue weighted by Crippen LogP contribution is -2.35. The van der Waals surface area contributed by atoms with Gasteiger partial charge in [0.15, 0.2) is 5.60 Å². The van der Waals surface area contributed by atoms with Crippen LogP contribution in [-0.2, 0) is 21.6 Å². The number of carbonyl (C=O) groups excluding carboxylic acids is 1. The van der Waals surface area contributed by atoms with Crippen molar-refractivity contribution in [3.63, 3.8) is 0 Å². The Morgan fingerprint density at radius 2 is 1.27 bits per heavy atom. The molecule has 3 rings (SSSR count). The van der Waals surface area contributed by atoms with Gasteiger partial charge < -0.3 is 14.9 Å². The van der Waals surface area contributed by atoms with Crippen molar-refractivity contribution >= 4 is 5.97 Å². The maximum atomic E-state index is 12.0. The van der Waals surface area contributed by atoms with Crippen LogP contribution in [0.25, 0.3) is 0 Å². The number of esters is 1. The topological polar surface area (TPSA) is 66.8 Å². The molecule has 3 aromatic rings. The molecular weight excluding hydrogens is 328 g/mol. The van der Waals surface area contributed by atoms with E-state index in [4.69, 9.17) is 4.74 Å². The fraction of sp³-hybridized carbons (Fsp3) is 0.136. The van der Waals surface area contributed by atoms with Crippen molar-refractivity contribution in [2.24, 2.45) is 0 Å². The van der Waals surface area contributed by atoms with Crippen LogP contribution in [0.5, 0.6) is 11.5 Å². The SMILES string of the molecule is CC(=O)OC(Cc1ccccc1)(c1ccc(O)cc1)c1ccc(O)cc1. The summed E-state index contributed by atoms with van der Waals surface area (Å²) < 4.78 is 5.89. The lowest BCUT2D eigenvalue weighted by Gasteiger charge is -2.34. The third-order valence-corrected chi connectivity index (χ3v) is 4.28. The molecule has 4 heteroatoms. The number of carbonyl (C=O) groups is 1. The van der Waals surface area contributed by atoms with Crippen molar-refractivity contribution in [3.05, 3.63) is 95.6 Å². The van der Waals surface area contributed by atoms with Gasteiger partial charge in [-0.05, 0) is 29.8 Å². The van der Waals surface area contributed by atoms with E-state index in [0.29, 0.717) is 6.42 Å². The standard InChI is InChI=1S/C22H20O4/c1-16(23)26-22(15-17-5-3-2-4-6-17,18-7-11-20(24)12-8-18)19-9-13-21(25)14-10-19/h2-14,24-25H,15H2,1H3. The number of rotatable bonds is 5. The zero-order valence-electron chi connectivity index (χ0n) is 14.4. The Morgan fingerprint density at radius 3 is 1.69 bits per heavy atom. The number of phenols is 2. The van der Waals surface area contributed by atoms with Crippen LogP contribution in [0.3, 0.4) is 0 Å². The highest BCUT2D eigenvalue weighted by Gasteiger charge is 2.38. The van der Waals surface area contributed by atoms with Gasteiger partial charge >= 0.3 is 5.97 Å². The van der Waals surface area contributed by atoms with Gasteiger partial charge in [-0.2, -0.15) is 0 Å². The van der Waals surface area contributed by atoms with Crippen LogP contribution in [0.1, 0.15) is 23.6 Å². The molecule has 132 valence electrons. The lowest BCUT2D eigenvalue weighted by atomic mass is 9.81. The molecule has 4 nitrogen and oxygen atoms in total. The molecule has 3 aromatic carbocycles. The van der Waals surface area contributed by atoms with Crippen LogP contribution >= 0.6 is 0 Å². The van der Waals surface area contributed by atoms with E-state index >= 15 is 0 Å². The van der Waals surface area contributed by atoms with Crippen molar-refractivity contribution in [2.75, 3.05) is 0 Å². The van der Waals surface area contributed by atoms with Crippen molar-refractivity contribution in [3.8, 4) is 11.5 Å². The molecule has 0 unspecified atom stereocenters. The molecule has 0 saturated carbocycles. The summed E-state index contributed by atoms with van der Waals surface area (Å²) in [6.07, 6.45) is 0.420. The van der Waals surface area contributed by atoms with E-state index in [2.05, 4.69) is 0 Å². The smallest absolute Gasteiger partial charge is 0.303 e. The first-order valence-electron chi connectivity index (χ1n) is 8.32. The third kappa shape index (κ3) is 3.70. The normalized spacial score (nSPS) is 11.1. The van der Waals surface area contributed by atoms with E-state index in [1.165, 1.54) is 6.92 Å². The number of ether oxygens (including phenoxy) is 1. The van der Waals surface area contributed by atoms with Crippen molar-refractivity contribution < 1.29 is 19.7 Å². The molecule has 0 aliphatic rings. The molecular formula is C22H20O4. The maximum absolute atomic E-state index is 12.0. The number of hydrogen-bond acceptors (Lipinski definition) is 4. The minimum atomic E-state index is -1.07. The third-order valence-electron chi connectivity index (χ3n) is 4.28. The van der Waals surface area contributed by atoms with Crippen LogP contribution in [0.15, 0.2) is 78.9 Å². The molecule has 0 atom stereocenters. The maximum Gasteiger partial charge on any atom is 0.303 e. The molecule has 0 amide bonds. The Kier molecular flexibility index (Phi) is 4.94. The van der Waals surface area contributed by atoms with E-state index in [0.717, 1.165) is 16.7 Å². The molecule has 0 aliphatic carbocycles. The van der Waals surface area contributed by atoms with Crippen LogP contribution in [0.2, 0.25) is 0 Å². The Morgan fingerprint density at radius 1 is 0.808 bits per heavy atom. The predicted molar refractivity (Wildman–Crippen MR) is 98.9 cm³/mol. The largest absolute Gasteiger partial charge is 0.508 e. The quantitative estimate of drug-likeness (QED) is 0.680. The summed E-state index contributed by atoms with van der Waals surface area (Å²) >= 11 is 0. The summed E-state index contributed by atoms with van der Waals surface area (Å²) in [7, 11) is 0. The highest BCUT2D eigenvalue weighted by molar-refractivity contribution is 5.68. The molecule has 0 aliphatic heterocycles. The minimum Gasteiger partial charge on any atom is -0.508 e. The summed E-state index contributed by atoms with van der Waals surface area (Å²) in [6, 6.07) is 23.0. The minimum absolute atomic E-state index is 0.135. The average Bonchev–Trinajstić information content (AvgIpc) is 2.63. The summed E-state index contributed by atoms with van der Waals surface area (Å²) in [5, 5.41) is 19.3. The van der Waals surface area contributed by atoms with Crippen LogP contribution in [0.4, 0.5) is 0 Å². The van der Waals surface area contributed by atoms with Crippen LogP contribution < -0.4 is 0 Å². The molecule has 2 N–H and O–H groups in total. The second-order valence-electron chi connectivity index (χ2n) is 6.18. The van der Waals surface area contributed by atoms with Gasteiger partial charge in [0.05, 0.1) is 0 Å². The number of hydrogen-bond donors (Lipinski definition) is 2. The fourth-order valence-corrected chi connectivity index (χ4v) is 3.11. The fourth-order valence-electron chi connectivity index (χ4n) is 3.11. The van der Waals surface area contributed by atoms with Gasteiger partial charge in [-0.15, -0.1) is 0 Å². The van der Waals surface area contributed by atoms with Gasteiger partial charge in [0.2, 0.25) is 0 Å². The van der Waals surface area contributed by atoms with Gasteiger partial charge in [-0.25, -0.2) is 0 Å². The Hall–Kier alpha value is -3.27. The second-order valence-corrected chi connectivity index (χ2v) is 6.18. The van der Waals surface area contributed by atoms with Crippen LogP contribution in [-0.4, -0.2) is 16.2 Å². The highest BCUT2D eigenvalue weighted by atomic mass is 16.6. The van der Waals surface area contributed by atoms with Gasteiger partial charge in [0.25, 0.3) is 0 Å². The average molecular weight is 348 g/mol. The van der Waals surface area contributed by atoms with Crippen molar-refractivity contribution in [1.29, 1.82) is 0 Å². The van der Waals surface area contributed by atoms with Gasteiger partial charge in [0, 0.05) is 24.5 Å². The molecule has 0 aromatic heterocycles. The van der Waals surface area contributed by atoms with Gasteiger partial charge in [-0.3, -0.25) is 4.79 Å². The molecule has 0 heterocycles. The van der Waals surface area contributed by atoms with E-state index in [1.807, 2.05) is 30.3 Å². The van der Waals surface area contributed by atoms with Gasteiger partial charge in [-0.1, -0.05) is 54.6 Å². The summed E-state index contributed by atoms with van der Waals surface area (Å²) in [6.45, 7) is 1.38. The zero-order chi connectivity index (χ0) is 18.6. The van der Waals surface area contributed by atoms with Crippen molar-refractivity contribution in [2.45, 2.75) is 18.9 Å². The first-order chi connectivity index (χ1) is 12.5. The zero-order valence-corrected chi connectivity index (χ0v) is 14.4. The number of phenolic OH excluding ortho intramolecular Hbond substituents is 2. The van der Waals surface area contributed by atoms with E-state index in [-0.39, 0.29) is 11.5 Å². The Bertz CT molecular complexity index is 823. The summed E-state index contributed by atoms with van der Waals surface area (Å²) in [5.74, 6) is -0.145. The predicted octanol–water partition coefficient (Wildman–Crippen LogP) is 4.15. The van der Waals surface area contributed by atoms with E-state index < -0.39 is 11.6 Å². The molecule has 0 bridgehead atoms. The van der Waals surface area contributed by atoms with Crippen molar-refractivity contribution in [1.82, 2.24) is 0 Å². The van der Waals surface area contributed by atoms with E-state index in [9.17, 15) is 15.0 Å². The monoisotopic (exact) mass is 348 g/mol. The first-order valence-corrected chi connectivity index (χ1v) is 8.32. The Labute approximate surface area is 152 Å². The molecule has 0 saturated heterocycles. The molecule has 26 heavy (non-hydrogen) atoms. The number of benzene rings is 3. The second kappa shape index (κ2) is 7.31. The van der Waals surface area contributed by atoms with Gasteiger partial charge in [0.1, 0.15) is 11.5 Å². The molecule has 0 radical (unpaired) electrons. The summed E-state index contributed by atoms with van der Waals surface area (Å²) in [4.78, 5) is 12.0. The van der Waals surface area contributed by atoms with E-state index in [1.54, 1.807) is 48.5 Å². The van der Waals surface area contributed by atoms with Crippen LogP contribution in [0, 0.1) is 0 Å². The lowest BCUT2D eigenvalue weighted by molar-refractivity contribution is -0.154. The molecule has 0 fully saturated rings. The first kappa shape index (κ1) is 17.5. The summed E-state index contributed by atoms with van der Waals surface area (Å²) in [5.41, 5.74) is 1.39. The Balaban J connectivity index is 2.20. The molecule has 0 spiro atoms. The number of aromatic hydroxyl groups is 2. The highest BCUT2D eigenvalue weighted by Crippen LogP contribution is 2.38.